The van der Waals surface area contributed by atoms with Crippen molar-refractivity contribution in [1.29, 1.82) is 0 Å². The molecule has 2 aromatic rings. The molecule has 0 heterocycles. The highest BCUT2D eigenvalue weighted by Crippen LogP contribution is 2.11. The molecule has 8 heteroatoms. The Morgan fingerprint density at radius 3 is 2.26 bits per heavy atom. The largest absolute Gasteiger partial charge is 0.348 e. The van der Waals surface area contributed by atoms with Crippen LogP contribution in [0.3, 0.4) is 0 Å². The van der Waals surface area contributed by atoms with Gasteiger partial charge in [0, 0.05) is 18.7 Å². The molecule has 0 aliphatic carbocycles. The lowest BCUT2D eigenvalue weighted by Crippen LogP contribution is -2.27. The minimum atomic E-state index is -3.60. The van der Waals surface area contributed by atoms with Crippen molar-refractivity contribution in [2.24, 2.45) is 0 Å². The fraction of sp³-hybridized carbons (Fsp3) is 0.316. The normalized spacial score (nSPS) is 11.6. The number of carbonyl (C=O) groups is 1. The van der Waals surface area contributed by atoms with Crippen LogP contribution in [0.15, 0.2) is 53.4 Å². The number of nitrogens with zero attached hydrogens (tertiary/aromatic N) is 1. The van der Waals surface area contributed by atoms with Crippen molar-refractivity contribution >= 4 is 15.9 Å². The molecule has 0 bridgehead atoms. The molecule has 0 saturated heterocycles. The van der Waals surface area contributed by atoms with Crippen LogP contribution in [0.4, 0.5) is 4.39 Å². The molecular formula is C19H24FN3O3S. The monoisotopic (exact) mass is 393 g/mol. The first kappa shape index (κ1) is 21.0. The molecule has 2 aromatic carbocycles. The van der Waals surface area contributed by atoms with Gasteiger partial charge in [0.2, 0.25) is 10.0 Å². The smallest absolute Gasteiger partial charge is 0.251 e. The van der Waals surface area contributed by atoms with Crippen LogP contribution in [0.5, 0.6) is 0 Å². The van der Waals surface area contributed by atoms with Crippen molar-refractivity contribution in [2.45, 2.75) is 17.9 Å². The first-order chi connectivity index (χ1) is 12.8. The lowest BCUT2D eigenvalue weighted by molar-refractivity contribution is 0.0951. The minimum Gasteiger partial charge on any atom is -0.348 e. The van der Waals surface area contributed by atoms with E-state index in [-0.39, 0.29) is 23.2 Å². The number of sulfonamides is 1. The van der Waals surface area contributed by atoms with Gasteiger partial charge in [0.05, 0.1) is 4.90 Å². The molecule has 0 radical (unpaired) electrons. The van der Waals surface area contributed by atoms with Gasteiger partial charge in [0.15, 0.2) is 0 Å². The standard InChI is InChI=1S/C19H24FN3O3S/c1-23(2)13-3-12-22-27(25,26)18-10-6-16(7-11-18)19(24)21-14-15-4-8-17(20)9-5-15/h4-11,22H,3,12-14H2,1-2H3,(H,21,24). The van der Waals surface area contributed by atoms with Gasteiger partial charge in [-0.15, -0.1) is 0 Å². The summed E-state index contributed by atoms with van der Waals surface area (Å²) < 4.78 is 39.9. The zero-order valence-corrected chi connectivity index (χ0v) is 16.2. The third-order valence-corrected chi connectivity index (χ3v) is 5.34. The molecular weight excluding hydrogens is 369 g/mol. The van der Waals surface area contributed by atoms with Gasteiger partial charge in [-0.05, 0) is 69.0 Å². The van der Waals surface area contributed by atoms with Crippen molar-refractivity contribution in [3.63, 3.8) is 0 Å². The van der Waals surface area contributed by atoms with Crippen LogP contribution in [-0.4, -0.2) is 46.4 Å². The first-order valence-corrected chi connectivity index (χ1v) is 10.0. The molecule has 2 rings (SSSR count). The van der Waals surface area contributed by atoms with Crippen molar-refractivity contribution in [2.75, 3.05) is 27.2 Å². The average Bonchev–Trinajstić information content (AvgIpc) is 2.64. The number of amides is 1. The Bertz CT molecular complexity index is 851. The van der Waals surface area contributed by atoms with E-state index >= 15 is 0 Å². The summed E-state index contributed by atoms with van der Waals surface area (Å²) in [6, 6.07) is 11.6. The number of carbonyl (C=O) groups excluding carboxylic acids is 1. The van der Waals surface area contributed by atoms with E-state index in [1.54, 1.807) is 12.1 Å². The molecule has 0 fully saturated rings. The molecule has 0 spiro atoms. The molecule has 0 atom stereocenters. The topological polar surface area (TPSA) is 78.5 Å². The van der Waals surface area contributed by atoms with Crippen LogP contribution in [-0.2, 0) is 16.6 Å². The summed E-state index contributed by atoms with van der Waals surface area (Å²) in [4.78, 5) is 14.3. The number of hydrogen-bond donors (Lipinski definition) is 2. The van der Waals surface area contributed by atoms with Gasteiger partial charge in [-0.1, -0.05) is 12.1 Å². The van der Waals surface area contributed by atoms with Crippen LogP contribution >= 0.6 is 0 Å². The lowest BCUT2D eigenvalue weighted by atomic mass is 10.2. The Balaban J connectivity index is 1.91. The second-order valence-electron chi connectivity index (χ2n) is 6.39. The Morgan fingerprint density at radius 2 is 1.67 bits per heavy atom. The molecule has 0 aromatic heterocycles. The van der Waals surface area contributed by atoms with E-state index in [9.17, 15) is 17.6 Å². The summed E-state index contributed by atoms with van der Waals surface area (Å²) in [5, 5.41) is 2.71. The van der Waals surface area contributed by atoms with Gasteiger partial charge in [-0.2, -0.15) is 0 Å². The van der Waals surface area contributed by atoms with E-state index in [0.29, 0.717) is 18.5 Å². The third-order valence-electron chi connectivity index (χ3n) is 3.87. The molecule has 146 valence electrons. The van der Waals surface area contributed by atoms with Crippen LogP contribution in [0.1, 0.15) is 22.3 Å². The van der Waals surface area contributed by atoms with Crippen LogP contribution in [0.2, 0.25) is 0 Å². The van der Waals surface area contributed by atoms with Gasteiger partial charge in [-0.3, -0.25) is 4.79 Å². The van der Waals surface area contributed by atoms with Crippen molar-refractivity contribution in [3.8, 4) is 0 Å². The molecule has 2 N–H and O–H groups in total. The highest BCUT2D eigenvalue weighted by atomic mass is 32.2. The van der Waals surface area contributed by atoms with Crippen LogP contribution in [0.25, 0.3) is 0 Å². The van der Waals surface area contributed by atoms with Crippen LogP contribution in [0, 0.1) is 5.82 Å². The summed E-state index contributed by atoms with van der Waals surface area (Å²) in [6.07, 6.45) is 0.704. The lowest BCUT2D eigenvalue weighted by Gasteiger charge is -2.11. The number of benzene rings is 2. The summed E-state index contributed by atoms with van der Waals surface area (Å²) in [5.41, 5.74) is 1.12. The average molecular weight is 393 g/mol. The molecule has 6 nitrogen and oxygen atoms in total. The SMILES string of the molecule is CN(C)CCCNS(=O)(=O)c1ccc(C(=O)NCc2ccc(F)cc2)cc1. The van der Waals surface area contributed by atoms with E-state index < -0.39 is 10.0 Å². The molecule has 0 saturated carbocycles. The van der Waals surface area contributed by atoms with Gasteiger partial charge in [0.25, 0.3) is 5.91 Å². The molecule has 0 aliphatic rings. The Hall–Kier alpha value is -2.29. The van der Waals surface area contributed by atoms with E-state index in [0.717, 1.165) is 12.1 Å². The Morgan fingerprint density at radius 1 is 1.04 bits per heavy atom. The number of halogens is 1. The van der Waals surface area contributed by atoms with Crippen molar-refractivity contribution in [1.82, 2.24) is 14.9 Å². The fourth-order valence-electron chi connectivity index (χ4n) is 2.36. The first-order valence-electron chi connectivity index (χ1n) is 8.55. The second-order valence-corrected chi connectivity index (χ2v) is 8.16. The maximum absolute atomic E-state index is 12.9. The summed E-state index contributed by atoms with van der Waals surface area (Å²) in [5.74, 6) is -0.667. The van der Waals surface area contributed by atoms with E-state index in [4.69, 9.17) is 0 Å². The summed E-state index contributed by atoms with van der Waals surface area (Å²) in [6.45, 7) is 1.39. The molecule has 0 unspecified atom stereocenters. The van der Waals surface area contributed by atoms with Crippen molar-refractivity contribution in [3.05, 3.63) is 65.5 Å². The van der Waals surface area contributed by atoms with Gasteiger partial charge >= 0.3 is 0 Å². The Kier molecular flexibility index (Phi) is 7.46. The maximum atomic E-state index is 12.9. The number of nitrogens with one attached hydrogen (secondary N) is 2. The Labute approximate surface area is 159 Å². The predicted octanol–water partition coefficient (Wildman–Crippen LogP) is 1.99. The van der Waals surface area contributed by atoms with E-state index in [1.165, 1.54) is 36.4 Å². The van der Waals surface area contributed by atoms with E-state index in [2.05, 4.69) is 10.0 Å². The zero-order valence-electron chi connectivity index (χ0n) is 15.4. The third kappa shape index (κ3) is 6.74. The van der Waals surface area contributed by atoms with Crippen LogP contribution < -0.4 is 10.0 Å². The van der Waals surface area contributed by atoms with E-state index in [1.807, 2.05) is 19.0 Å². The van der Waals surface area contributed by atoms with Crippen molar-refractivity contribution < 1.29 is 17.6 Å². The molecule has 1 amide bonds. The number of rotatable bonds is 9. The quantitative estimate of drug-likeness (QED) is 0.639. The number of hydrogen-bond acceptors (Lipinski definition) is 4. The summed E-state index contributed by atoms with van der Waals surface area (Å²) >= 11 is 0. The van der Waals surface area contributed by atoms with Gasteiger partial charge < -0.3 is 10.2 Å². The van der Waals surface area contributed by atoms with Gasteiger partial charge in [0.1, 0.15) is 5.82 Å². The molecule has 27 heavy (non-hydrogen) atoms. The predicted molar refractivity (Wildman–Crippen MR) is 102 cm³/mol. The highest BCUT2D eigenvalue weighted by molar-refractivity contribution is 7.89. The fourth-order valence-corrected chi connectivity index (χ4v) is 3.43. The summed E-state index contributed by atoms with van der Waals surface area (Å²) in [7, 11) is 0.254. The zero-order chi connectivity index (χ0) is 19.9. The highest BCUT2D eigenvalue weighted by Gasteiger charge is 2.14. The van der Waals surface area contributed by atoms with Gasteiger partial charge in [-0.25, -0.2) is 17.5 Å². The minimum absolute atomic E-state index is 0.113. The second kappa shape index (κ2) is 9.59. The maximum Gasteiger partial charge on any atom is 0.251 e. The molecule has 0 aliphatic heterocycles.